The second kappa shape index (κ2) is 6.66. The van der Waals surface area contributed by atoms with Crippen LogP contribution >= 0.6 is 11.6 Å². The molecule has 1 aromatic carbocycles. The van der Waals surface area contributed by atoms with Crippen molar-refractivity contribution in [3.63, 3.8) is 0 Å². The molecule has 0 aliphatic carbocycles. The molecule has 0 spiro atoms. The van der Waals surface area contributed by atoms with Crippen molar-refractivity contribution >= 4 is 23.2 Å². The predicted molar refractivity (Wildman–Crippen MR) is 73.2 cm³/mol. The van der Waals surface area contributed by atoms with Crippen LogP contribution in [-0.4, -0.2) is 19.1 Å². The van der Waals surface area contributed by atoms with E-state index in [4.69, 9.17) is 16.3 Å². The molecule has 1 aromatic rings. The fraction of sp³-hybridized carbons (Fsp3) is 0.500. The van der Waals surface area contributed by atoms with Crippen LogP contribution < -0.4 is 5.32 Å². The summed E-state index contributed by atoms with van der Waals surface area (Å²) in [5.74, 6) is -0.0783. The minimum Gasteiger partial charge on any atom is -0.381 e. The van der Waals surface area contributed by atoms with Gasteiger partial charge in [0, 0.05) is 25.3 Å². The first-order valence-corrected chi connectivity index (χ1v) is 6.98. The number of halogens is 4. The van der Waals surface area contributed by atoms with E-state index in [1.165, 1.54) is 6.07 Å². The van der Waals surface area contributed by atoms with Crippen LogP contribution in [0.4, 0.5) is 18.9 Å². The summed E-state index contributed by atoms with van der Waals surface area (Å²) in [5.41, 5.74) is -0.850. The lowest BCUT2D eigenvalue weighted by molar-refractivity contribution is -0.137. The number of rotatable bonds is 3. The number of ether oxygens (including phenoxy) is 1. The molecule has 0 radical (unpaired) electrons. The normalized spacial score (nSPS) is 16.8. The van der Waals surface area contributed by atoms with Gasteiger partial charge < -0.3 is 10.1 Å². The zero-order chi connectivity index (χ0) is 15.5. The van der Waals surface area contributed by atoms with Crippen molar-refractivity contribution in [2.24, 2.45) is 5.92 Å². The van der Waals surface area contributed by atoms with Crippen LogP contribution in [-0.2, 0) is 15.7 Å². The third kappa shape index (κ3) is 4.61. The molecule has 1 heterocycles. The zero-order valence-corrected chi connectivity index (χ0v) is 11.9. The number of hydrogen-bond acceptors (Lipinski definition) is 2. The largest absolute Gasteiger partial charge is 0.417 e. The van der Waals surface area contributed by atoms with Gasteiger partial charge in [-0.3, -0.25) is 4.79 Å². The summed E-state index contributed by atoms with van der Waals surface area (Å²) in [6, 6.07) is 3.35. The Balaban J connectivity index is 2.00. The summed E-state index contributed by atoms with van der Waals surface area (Å²) in [7, 11) is 0. The third-order valence-electron chi connectivity index (χ3n) is 3.37. The number of amides is 1. The van der Waals surface area contributed by atoms with E-state index < -0.39 is 11.7 Å². The van der Waals surface area contributed by atoms with E-state index >= 15 is 0 Å². The Kier molecular flexibility index (Phi) is 5.11. The maximum atomic E-state index is 12.7. The molecule has 1 amide bonds. The van der Waals surface area contributed by atoms with E-state index in [0.717, 1.165) is 25.0 Å². The molecule has 3 nitrogen and oxygen atoms in total. The molecule has 2 rings (SSSR count). The first-order chi connectivity index (χ1) is 9.86. The summed E-state index contributed by atoms with van der Waals surface area (Å²) in [4.78, 5) is 11.9. The minimum atomic E-state index is -4.54. The Morgan fingerprint density at radius 3 is 2.62 bits per heavy atom. The van der Waals surface area contributed by atoms with Gasteiger partial charge in [-0.2, -0.15) is 13.2 Å². The second-order valence-electron chi connectivity index (χ2n) is 5.00. The van der Waals surface area contributed by atoms with Crippen LogP contribution in [0.3, 0.4) is 0 Å². The first kappa shape index (κ1) is 16.1. The maximum absolute atomic E-state index is 12.7. The monoisotopic (exact) mass is 321 g/mol. The van der Waals surface area contributed by atoms with Crippen molar-refractivity contribution in [3.8, 4) is 0 Å². The van der Waals surface area contributed by atoms with Crippen molar-refractivity contribution in [2.45, 2.75) is 25.4 Å². The van der Waals surface area contributed by atoms with Crippen molar-refractivity contribution in [3.05, 3.63) is 28.8 Å². The van der Waals surface area contributed by atoms with E-state index in [1.807, 2.05) is 0 Å². The Morgan fingerprint density at radius 1 is 1.33 bits per heavy atom. The maximum Gasteiger partial charge on any atom is 0.417 e. The predicted octanol–water partition coefficient (Wildman–Crippen LogP) is 4.11. The van der Waals surface area contributed by atoms with Gasteiger partial charge in [0.05, 0.1) is 10.6 Å². The average Bonchev–Trinajstić information content (AvgIpc) is 2.41. The molecule has 0 aromatic heterocycles. The molecule has 0 bridgehead atoms. The number of hydrogen-bond donors (Lipinski definition) is 1. The number of benzene rings is 1. The topological polar surface area (TPSA) is 38.3 Å². The fourth-order valence-electron chi connectivity index (χ4n) is 2.24. The molecule has 1 saturated heterocycles. The van der Waals surface area contributed by atoms with Crippen LogP contribution in [0.5, 0.6) is 0 Å². The number of carbonyl (C=O) groups is 1. The molecule has 0 saturated carbocycles. The van der Waals surface area contributed by atoms with E-state index in [0.29, 0.717) is 13.2 Å². The summed E-state index contributed by atoms with van der Waals surface area (Å²) < 4.78 is 43.4. The van der Waals surface area contributed by atoms with Crippen LogP contribution in [0.15, 0.2) is 18.2 Å². The number of alkyl halides is 3. The second-order valence-corrected chi connectivity index (χ2v) is 5.41. The summed E-state index contributed by atoms with van der Waals surface area (Å²) in [6.07, 6.45) is -2.67. The third-order valence-corrected chi connectivity index (χ3v) is 3.70. The first-order valence-electron chi connectivity index (χ1n) is 6.60. The molecule has 1 N–H and O–H groups in total. The van der Waals surface area contributed by atoms with Gasteiger partial charge in [-0.25, -0.2) is 0 Å². The molecular formula is C14H15ClF3NO2. The Hall–Kier alpha value is -1.27. The lowest BCUT2D eigenvalue weighted by atomic mass is 9.96. The highest BCUT2D eigenvalue weighted by Gasteiger charge is 2.33. The molecule has 21 heavy (non-hydrogen) atoms. The van der Waals surface area contributed by atoms with Crippen molar-refractivity contribution in [1.29, 1.82) is 0 Å². The van der Waals surface area contributed by atoms with Crippen molar-refractivity contribution in [2.75, 3.05) is 18.5 Å². The fourth-order valence-corrected chi connectivity index (χ4v) is 2.47. The Bertz CT molecular complexity index is 513. The summed E-state index contributed by atoms with van der Waals surface area (Å²) >= 11 is 5.53. The smallest absolute Gasteiger partial charge is 0.381 e. The van der Waals surface area contributed by atoms with E-state index in [9.17, 15) is 18.0 Å². The van der Waals surface area contributed by atoms with Gasteiger partial charge in [-0.1, -0.05) is 11.6 Å². The van der Waals surface area contributed by atoms with Crippen molar-refractivity contribution in [1.82, 2.24) is 0 Å². The highest BCUT2D eigenvalue weighted by atomic mass is 35.5. The van der Waals surface area contributed by atoms with Gasteiger partial charge in [-0.15, -0.1) is 0 Å². The number of nitrogens with one attached hydrogen (secondary N) is 1. The number of carbonyl (C=O) groups excluding carboxylic acids is 1. The van der Waals surface area contributed by atoms with Gasteiger partial charge in [0.25, 0.3) is 0 Å². The molecule has 7 heteroatoms. The zero-order valence-electron chi connectivity index (χ0n) is 11.2. The van der Waals surface area contributed by atoms with Crippen LogP contribution in [0.25, 0.3) is 0 Å². The molecule has 116 valence electrons. The van der Waals surface area contributed by atoms with Gasteiger partial charge in [-0.05, 0) is 37.0 Å². The average molecular weight is 322 g/mol. The van der Waals surface area contributed by atoms with Crippen LogP contribution in [0.2, 0.25) is 5.02 Å². The van der Waals surface area contributed by atoms with E-state index in [2.05, 4.69) is 5.32 Å². The minimum absolute atomic E-state index is 0.101. The molecule has 1 aliphatic rings. The molecular weight excluding hydrogens is 307 g/mol. The summed E-state index contributed by atoms with van der Waals surface area (Å²) in [6.45, 7) is 1.24. The highest BCUT2D eigenvalue weighted by Crippen LogP contribution is 2.36. The van der Waals surface area contributed by atoms with Crippen LogP contribution in [0.1, 0.15) is 24.8 Å². The number of anilines is 1. The molecule has 0 atom stereocenters. The van der Waals surface area contributed by atoms with E-state index in [1.54, 1.807) is 0 Å². The van der Waals surface area contributed by atoms with Gasteiger partial charge in [0.1, 0.15) is 0 Å². The highest BCUT2D eigenvalue weighted by molar-refractivity contribution is 6.31. The van der Waals surface area contributed by atoms with Crippen LogP contribution in [0, 0.1) is 5.92 Å². The lowest BCUT2D eigenvalue weighted by Gasteiger charge is -2.21. The Morgan fingerprint density at radius 2 is 2.00 bits per heavy atom. The molecule has 1 aliphatic heterocycles. The standard InChI is InChI=1S/C14H15ClF3NO2/c15-12-2-1-10(8-11(12)14(16,17)18)19-13(20)7-9-3-5-21-6-4-9/h1-2,8-9H,3-7H2,(H,19,20). The molecule has 0 unspecified atom stereocenters. The SMILES string of the molecule is O=C(CC1CCOCC1)Nc1ccc(Cl)c(C(F)(F)F)c1. The van der Waals surface area contributed by atoms with E-state index in [-0.39, 0.29) is 29.0 Å². The van der Waals surface area contributed by atoms with Crippen molar-refractivity contribution < 1.29 is 22.7 Å². The lowest BCUT2D eigenvalue weighted by Crippen LogP contribution is -2.22. The molecule has 1 fully saturated rings. The van der Waals surface area contributed by atoms with Gasteiger partial charge in [0.2, 0.25) is 5.91 Å². The van der Waals surface area contributed by atoms with Gasteiger partial charge >= 0.3 is 6.18 Å². The quantitative estimate of drug-likeness (QED) is 0.909. The Labute approximate surface area is 125 Å². The van der Waals surface area contributed by atoms with Gasteiger partial charge in [0.15, 0.2) is 0 Å². The summed E-state index contributed by atoms with van der Waals surface area (Å²) in [5, 5.41) is 2.11.